The van der Waals surface area contributed by atoms with Gasteiger partial charge in [-0.3, -0.25) is 14.4 Å². The van der Waals surface area contributed by atoms with Gasteiger partial charge in [0, 0.05) is 58.5 Å². The summed E-state index contributed by atoms with van der Waals surface area (Å²) < 4.78 is 45.2. The highest BCUT2D eigenvalue weighted by Crippen LogP contribution is 2.44. The Morgan fingerprint density at radius 1 is 0.803 bits per heavy atom. The van der Waals surface area contributed by atoms with Crippen LogP contribution in [0.3, 0.4) is 0 Å². The van der Waals surface area contributed by atoms with Crippen LogP contribution in [0.25, 0.3) is 0 Å². The molecule has 3 aliphatic heterocycles. The molecule has 16 heteroatoms. The number of piperidine rings is 1. The van der Waals surface area contributed by atoms with Crippen molar-refractivity contribution in [2.24, 2.45) is 29.6 Å². The number of rotatable bonds is 11. The van der Waals surface area contributed by atoms with Crippen LogP contribution in [-0.4, -0.2) is 139 Å². The molecule has 2 bridgehead atoms. The summed E-state index contributed by atoms with van der Waals surface area (Å²) in [5.74, 6) is -7.67. The standard InChI is InChI=1S/C55H95NO13Si2/c1-34-27-35(2)29-46(64-13)49-47(65-14)31-37(4)55(62,67-49)50(59)51(60)56-25-20-19-21-41(56)52(61)66-48(36(3)30-39-22-23-43(45(32-39)63-12)68-70(15,16)53(6,7)8)38(5)44(69-71(17,18)54(9,10)11)33-42(58)40(28-34)24-26-57/h26,28,30,35,37-41,43-49,62H,19-25,27,29,31-33H2,1-18H3/b34-28-,36-30+. The molecule has 0 aromatic heterocycles. The van der Waals surface area contributed by atoms with Crippen molar-refractivity contribution in [2.75, 3.05) is 27.9 Å². The highest BCUT2D eigenvalue weighted by atomic mass is 28.4. The molecule has 14 nitrogen and oxygen atoms in total. The number of carbonyl (C=O) groups is 5. The van der Waals surface area contributed by atoms with Gasteiger partial charge in [-0.15, -0.1) is 0 Å². The number of aldehydes is 1. The Morgan fingerprint density at radius 3 is 1.94 bits per heavy atom. The van der Waals surface area contributed by atoms with Crippen LogP contribution in [0.2, 0.25) is 36.3 Å². The number of nitrogens with zero attached hydrogens (tertiary/aromatic N) is 1. The largest absolute Gasteiger partial charge is 0.456 e. The lowest BCUT2D eigenvalue weighted by Gasteiger charge is -2.47. The van der Waals surface area contributed by atoms with E-state index in [-0.39, 0.29) is 72.1 Å². The SMILES string of the molecule is COC1CC(/C=C(\C)C2OC(=O)C3CCCCN3C(=O)C(=O)C3(O)OC(C(OC)CC(C)C/C(C)=C\C(CC=O)C(=O)CC(O[Si](C)(C)C(C)(C)C)C2C)C(OC)CC3C)CCC1O[Si](C)(C)C(C)(C)C. The predicted molar refractivity (Wildman–Crippen MR) is 281 cm³/mol. The number of fused-ring (bicyclic) bond motifs is 3. The van der Waals surface area contributed by atoms with Crippen molar-refractivity contribution in [3.63, 3.8) is 0 Å². The van der Waals surface area contributed by atoms with Crippen LogP contribution in [-0.2, 0) is 56.5 Å². The summed E-state index contributed by atoms with van der Waals surface area (Å²) in [6, 6.07) is -1.14. The van der Waals surface area contributed by atoms with Crippen molar-refractivity contribution in [3.05, 3.63) is 23.3 Å². The van der Waals surface area contributed by atoms with E-state index in [0.717, 1.165) is 30.3 Å². The topological polar surface area (TPSA) is 173 Å². The van der Waals surface area contributed by atoms with Crippen molar-refractivity contribution >= 4 is 46.4 Å². The minimum atomic E-state index is -2.61. The fourth-order valence-corrected chi connectivity index (χ4v) is 13.5. The van der Waals surface area contributed by atoms with E-state index in [1.807, 2.05) is 33.8 Å². The average molecular weight is 1030 g/mol. The Morgan fingerprint density at radius 2 is 1.38 bits per heavy atom. The summed E-state index contributed by atoms with van der Waals surface area (Å²) in [6.07, 6.45) is 5.66. The van der Waals surface area contributed by atoms with E-state index >= 15 is 4.79 Å². The molecule has 1 saturated carbocycles. The summed E-state index contributed by atoms with van der Waals surface area (Å²) in [5, 5.41) is 12.1. The lowest BCUT2D eigenvalue weighted by molar-refractivity contribution is -0.302. The molecule has 3 fully saturated rings. The summed E-state index contributed by atoms with van der Waals surface area (Å²) in [5.41, 5.74) is 1.68. The third-order valence-electron chi connectivity index (χ3n) is 17.3. The van der Waals surface area contributed by atoms with Crippen molar-refractivity contribution in [1.82, 2.24) is 4.90 Å². The highest BCUT2D eigenvalue weighted by Gasteiger charge is 2.57. The molecular weight excluding hydrogens is 939 g/mol. The zero-order valence-electron chi connectivity index (χ0n) is 47.0. The van der Waals surface area contributed by atoms with Gasteiger partial charge in [-0.25, -0.2) is 4.79 Å². The van der Waals surface area contributed by atoms with E-state index in [0.29, 0.717) is 32.1 Å². The summed E-state index contributed by atoms with van der Waals surface area (Å²) in [7, 11) is 0.0804. The predicted octanol–water partition coefficient (Wildman–Crippen LogP) is 9.71. The van der Waals surface area contributed by atoms with Gasteiger partial charge in [-0.1, -0.05) is 80.0 Å². The van der Waals surface area contributed by atoms with Gasteiger partial charge in [0.05, 0.1) is 30.5 Å². The number of hydrogen-bond acceptors (Lipinski definition) is 13. The average Bonchev–Trinajstić information content (AvgIpc) is 3.28. The van der Waals surface area contributed by atoms with Gasteiger partial charge in [0.2, 0.25) is 5.79 Å². The number of carbonyl (C=O) groups excluding carboxylic acids is 5. The highest BCUT2D eigenvalue weighted by molar-refractivity contribution is 6.74. The Hall–Kier alpha value is -2.42. The maximum absolute atomic E-state index is 15.0. The molecule has 0 aromatic carbocycles. The first-order chi connectivity index (χ1) is 32.9. The minimum Gasteiger partial charge on any atom is -0.456 e. The van der Waals surface area contributed by atoms with Crippen LogP contribution < -0.4 is 0 Å². The molecule has 4 aliphatic rings. The van der Waals surface area contributed by atoms with Crippen molar-refractivity contribution in [3.8, 4) is 0 Å². The Balaban J connectivity index is 1.89. The van der Waals surface area contributed by atoms with Crippen LogP contribution in [0.15, 0.2) is 23.3 Å². The number of methoxy groups -OCH3 is 3. The van der Waals surface area contributed by atoms with Crippen LogP contribution in [0.1, 0.15) is 147 Å². The summed E-state index contributed by atoms with van der Waals surface area (Å²) in [4.78, 5) is 72.6. The third-order valence-corrected chi connectivity index (χ3v) is 26.3. The third kappa shape index (κ3) is 14.9. The van der Waals surface area contributed by atoms with Crippen LogP contribution >= 0.6 is 0 Å². The number of Topliss-reactive ketones (excluding diaryl/α,β-unsaturated/α-hetero) is 2. The van der Waals surface area contributed by atoms with Gasteiger partial charge < -0.3 is 47.3 Å². The first-order valence-electron chi connectivity index (χ1n) is 26.6. The molecule has 1 aliphatic carbocycles. The summed E-state index contributed by atoms with van der Waals surface area (Å²) in [6.45, 7) is 31.5. The van der Waals surface area contributed by atoms with E-state index < -0.39 is 94.4 Å². The molecule has 1 N–H and O–H groups in total. The lowest BCUT2D eigenvalue weighted by Crippen LogP contribution is -2.64. The number of cyclic esters (lactones) is 1. The Kier molecular flexibility index (Phi) is 21.5. The number of esters is 1. The van der Waals surface area contributed by atoms with Gasteiger partial charge in [0.15, 0.2) is 16.6 Å². The van der Waals surface area contributed by atoms with Gasteiger partial charge in [-0.05, 0) is 125 Å². The molecule has 2 saturated heterocycles. The normalized spacial score (nSPS) is 36.3. The van der Waals surface area contributed by atoms with Crippen LogP contribution in [0.4, 0.5) is 0 Å². The first-order valence-corrected chi connectivity index (χ1v) is 32.4. The second kappa shape index (κ2) is 25.0. The molecule has 14 unspecified atom stereocenters. The smallest absolute Gasteiger partial charge is 0.329 e. The van der Waals surface area contributed by atoms with E-state index in [9.17, 15) is 24.3 Å². The number of aliphatic hydroxyl groups is 1. The second-order valence-electron chi connectivity index (χ2n) is 24.8. The monoisotopic (exact) mass is 1030 g/mol. The van der Waals surface area contributed by atoms with E-state index in [2.05, 4.69) is 73.8 Å². The fraction of sp³-hybridized carbons (Fsp3) is 0.836. The molecule has 1 amide bonds. The maximum atomic E-state index is 15.0. The molecule has 406 valence electrons. The fourth-order valence-electron chi connectivity index (χ4n) is 10.7. The van der Waals surface area contributed by atoms with Crippen LogP contribution in [0, 0.1) is 29.6 Å². The molecule has 71 heavy (non-hydrogen) atoms. The van der Waals surface area contributed by atoms with E-state index in [4.69, 9.17) is 32.5 Å². The van der Waals surface area contributed by atoms with Gasteiger partial charge in [0.25, 0.3) is 11.7 Å². The zero-order chi connectivity index (χ0) is 53.6. The van der Waals surface area contributed by atoms with Gasteiger partial charge in [-0.2, -0.15) is 0 Å². The summed E-state index contributed by atoms with van der Waals surface area (Å²) >= 11 is 0. The molecular formula is C55H95NO13Si2. The van der Waals surface area contributed by atoms with Gasteiger partial charge >= 0.3 is 5.97 Å². The first kappa shape index (κ1) is 61.1. The number of ketones is 2. The minimum absolute atomic E-state index is 0.00591. The molecule has 0 aromatic rings. The van der Waals surface area contributed by atoms with E-state index in [1.54, 1.807) is 14.0 Å². The number of ether oxygens (including phenoxy) is 5. The number of hydrogen-bond donors (Lipinski definition) is 1. The quantitative estimate of drug-likeness (QED) is 0.0682. The molecule has 14 atom stereocenters. The second-order valence-corrected chi connectivity index (χ2v) is 34.4. The molecule has 0 spiro atoms. The Labute approximate surface area is 429 Å². The number of amides is 1. The van der Waals surface area contributed by atoms with Crippen molar-refractivity contribution in [2.45, 2.75) is 238 Å². The Bertz CT molecular complexity index is 1910. The van der Waals surface area contributed by atoms with Crippen molar-refractivity contribution in [1.29, 1.82) is 0 Å². The maximum Gasteiger partial charge on any atom is 0.329 e. The van der Waals surface area contributed by atoms with Gasteiger partial charge in [0.1, 0.15) is 30.3 Å². The van der Waals surface area contributed by atoms with Crippen molar-refractivity contribution < 1.29 is 61.6 Å². The molecule has 4 rings (SSSR count). The van der Waals surface area contributed by atoms with Crippen LogP contribution in [0.5, 0.6) is 0 Å². The lowest BCUT2D eigenvalue weighted by atomic mass is 9.81. The molecule has 3 heterocycles. The van der Waals surface area contributed by atoms with E-state index in [1.165, 1.54) is 19.1 Å². The number of allylic oxidation sites excluding steroid dienone is 3. The molecule has 0 radical (unpaired) electrons. The zero-order valence-corrected chi connectivity index (χ0v) is 49.0.